The highest BCUT2D eigenvalue weighted by Crippen LogP contribution is 2.21. The van der Waals surface area contributed by atoms with E-state index < -0.39 is 17.9 Å². The number of carboxylic acids is 3. The number of benzene rings is 1. The van der Waals surface area contributed by atoms with Crippen molar-refractivity contribution in [2.75, 3.05) is 0 Å². The minimum absolute atomic E-state index is 0.170. The Kier molecular flexibility index (Phi) is 5.90. The highest BCUT2D eigenvalue weighted by atomic mass is 16.4. The fourth-order valence-corrected chi connectivity index (χ4v) is 2.10. The molecule has 6 heteroatoms. The Bertz CT molecular complexity index is 526. The third-order valence-corrected chi connectivity index (χ3v) is 3.13. The molecule has 0 atom stereocenters. The van der Waals surface area contributed by atoms with Gasteiger partial charge in [0.25, 0.3) is 0 Å². The average Bonchev–Trinajstić information content (AvgIpc) is 2.42. The van der Waals surface area contributed by atoms with Gasteiger partial charge in [0, 0.05) is 0 Å². The molecule has 0 unspecified atom stereocenters. The van der Waals surface area contributed by atoms with Gasteiger partial charge < -0.3 is 15.3 Å². The summed E-state index contributed by atoms with van der Waals surface area (Å²) in [5, 5.41) is 27.3. The second-order valence-corrected chi connectivity index (χ2v) is 4.63. The maximum Gasteiger partial charge on any atom is 0.336 e. The van der Waals surface area contributed by atoms with Crippen LogP contribution in [0.5, 0.6) is 0 Å². The van der Waals surface area contributed by atoms with Crippen LogP contribution >= 0.6 is 0 Å². The van der Waals surface area contributed by atoms with Crippen LogP contribution in [0.25, 0.3) is 0 Å². The molecule has 6 nitrogen and oxygen atoms in total. The van der Waals surface area contributed by atoms with Gasteiger partial charge in [-0.15, -0.1) is 0 Å². The number of rotatable bonds is 8. The molecule has 0 heterocycles. The Balaban J connectivity index is 3.26. The maximum atomic E-state index is 11.3. The Hall–Kier alpha value is -2.37. The molecule has 0 fully saturated rings. The largest absolute Gasteiger partial charge is 0.478 e. The monoisotopic (exact) mass is 293 g/mol. The van der Waals surface area contributed by atoms with Crippen LogP contribution in [0.15, 0.2) is 12.1 Å². The van der Waals surface area contributed by atoms with Crippen molar-refractivity contribution in [3.8, 4) is 0 Å². The lowest BCUT2D eigenvalue weighted by Gasteiger charge is -2.11. The highest BCUT2D eigenvalue weighted by Gasteiger charge is 2.21. The SMILES string of the molecule is [CH2]CCCCCc1c(C(=O)O)cc(C(=O)O)cc1C(=O)O. The van der Waals surface area contributed by atoms with Gasteiger partial charge in [-0.3, -0.25) is 0 Å². The molecule has 0 amide bonds. The van der Waals surface area contributed by atoms with E-state index in [1.165, 1.54) is 0 Å². The van der Waals surface area contributed by atoms with Crippen molar-refractivity contribution in [2.24, 2.45) is 0 Å². The van der Waals surface area contributed by atoms with Crippen LogP contribution in [-0.2, 0) is 6.42 Å². The van der Waals surface area contributed by atoms with Crippen molar-refractivity contribution in [2.45, 2.75) is 32.1 Å². The van der Waals surface area contributed by atoms with Gasteiger partial charge in [0.15, 0.2) is 0 Å². The lowest BCUT2D eigenvalue weighted by molar-refractivity contribution is 0.0694. The highest BCUT2D eigenvalue weighted by molar-refractivity contribution is 6.01. The third kappa shape index (κ3) is 4.30. The van der Waals surface area contributed by atoms with Gasteiger partial charge >= 0.3 is 17.9 Å². The minimum Gasteiger partial charge on any atom is -0.478 e. The molecular formula is C15H17O6. The second-order valence-electron chi connectivity index (χ2n) is 4.63. The summed E-state index contributed by atoms with van der Waals surface area (Å²) >= 11 is 0. The van der Waals surface area contributed by atoms with Crippen LogP contribution < -0.4 is 0 Å². The zero-order valence-electron chi connectivity index (χ0n) is 11.5. The first kappa shape index (κ1) is 16.7. The van der Waals surface area contributed by atoms with E-state index in [0.29, 0.717) is 6.42 Å². The maximum absolute atomic E-state index is 11.3. The molecule has 0 aliphatic carbocycles. The molecule has 1 radical (unpaired) electrons. The van der Waals surface area contributed by atoms with Gasteiger partial charge in [0.1, 0.15) is 0 Å². The molecule has 0 aromatic heterocycles. The van der Waals surface area contributed by atoms with Crippen molar-refractivity contribution in [3.63, 3.8) is 0 Å². The van der Waals surface area contributed by atoms with E-state index in [0.717, 1.165) is 31.4 Å². The smallest absolute Gasteiger partial charge is 0.336 e. The van der Waals surface area contributed by atoms with Crippen molar-refractivity contribution in [1.29, 1.82) is 0 Å². The molecular weight excluding hydrogens is 276 g/mol. The number of carboxylic acid groups (broad SMARTS) is 3. The summed E-state index contributed by atoms with van der Waals surface area (Å²) in [6.45, 7) is 3.70. The summed E-state index contributed by atoms with van der Waals surface area (Å²) in [5.74, 6) is -4.01. The molecule has 1 aromatic rings. The van der Waals surface area contributed by atoms with Crippen molar-refractivity contribution in [1.82, 2.24) is 0 Å². The molecule has 0 aliphatic rings. The van der Waals surface area contributed by atoms with E-state index >= 15 is 0 Å². The van der Waals surface area contributed by atoms with E-state index in [1.807, 2.05) is 0 Å². The van der Waals surface area contributed by atoms with Crippen LogP contribution in [0.1, 0.15) is 62.3 Å². The summed E-state index contributed by atoms with van der Waals surface area (Å²) in [4.78, 5) is 33.5. The fourth-order valence-electron chi connectivity index (χ4n) is 2.10. The number of unbranched alkanes of at least 4 members (excludes halogenated alkanes) is 3. The number of carbonyl (C=O) groups is 3. The Labute approximate surface area is 122 Å². The zero-order valence-corrected chi connectivity index (χ0v) is 11.5. The first-order valence-electron chi connectivity index (χ1n) is 6.54. The zero-order chi connectivity index (χ0) is 16.0. The van der Waals surface area contributed by atoms with Crippen LogP contribution in [0.4, 0.5) is 0 Å². The topological polar surface area (TPSA) is 112 Å². The molecule has 0 aliphatic heterocycles. The van der Waals surface area contributed by atoms with Gasteiger partial charge in [-0.2, -0.15) is 0 Å². The summed E-state index contributed by atoms with van der Waals surface area (Å²) in [6, 6.07) is 2.02. The quantitative estimate of drug-likeness (QED) is 0.635. The van der Waals surface area contributed by atoms with Gasteiger partial charge in [0.2, 0.25) is 0 Å². The van der Waals surface area contributed by atoms with E-state index in [4.69, 9.17) is 5.11 Å². The van der Waals surface area contributed by atoms with Crippen LogP contribution in [0.2, 0.25) is 0 Å². The summed E-state index contributed by atoms with van der Waals surface area (Å²) < 4.78 is 0. The summed E-state index contributed by atoms with van der Waals surface area (Å²) in [7, 11) is 0. The van der Waals surface area contributed by atoms with Gasteiger partial charge in [-0.25, -0.2) is 14.4 Å². The average molecular weight is 293 g/mol. The van der Waals surface area contributed by atoms with Crippen LogP contribution in [0.3, 0.4) is 0 Å². The van der Waals surface area contributed by atoms with E-state index in [2.05, 4.69) is 6.92 Å². The first-order chi connectivity index (χ1) is 9.88. The molecule has 1 rings (SSSR count). The van der Waals surface area contributed by atoms with Gasteiger partial charge in [-0.05, 0) is 30.5 Å². The number of aromatic carboxylic acids is 3. The predicted molar refractivity (Wildman–Crippen MR) is 74.8 cm³/mol. The molecule has 3 N–H and O–H groups in total. The normalized spacial score (nSPS) is 10.3. The Morgan fingerprint density at radius 2 is 1.38 bits per heavy atom. The molecule has 0 saturated heterocycles. The third-order valence-electron chi connectivity index (χ3n) is 3.13. The molecule has 1 aromatic carbocycles. The molecule has 113 valence electrons. The lowest BCUT2D eigenvalue weighted by atomic mass is 9.93. The van der Waals surface area contributed by atoms with Crippen LogP contribution in [-0.4, -0.2) is 33.2 Å². The van der Waals surface area contributed by atoms with Crippen molar-refractivity contribution in [3.05, 3.63) is 41.3 Å². The lowest BCUT2D eigenvalue weighted by Crippen LogP contribution is -2.13. The minimum atomic E-state index is -1.36. The summed E-state index contributed by atoms with van der Waals surface area (Å²) in [6.07, 6.45) is 3.35. The van der Waals surface area contributed by atoms with Crippen molar-refractivity contribution < 1.29 is 29.7 Å². The molecule has 0 bridgehead atoms. The van der Waals surface area contributed by atoms with E-state index in [-0.39, 0.29) is 28.7 Å². The standard InChI is InChI=1S/C15H17O6/c1-2-3-4-5-6-10-11(14(18)19)7-9(13(16)17)8-12(10)15(20)21/h7-8H,1-6H2,(H,16,17)(H,18,19)(H,20,21). The van der Waals surface area contributed by atoms with E-state index in [1.54, 1.807) is 0 Å². The van der Waals surface area contributed by atoms with Gasteiger partial charge in [0.05, 0.1) is 16.7 Å². The summed E-state index contributed by atoms with van der Waals surface area (Å²) in [5.41, 5.74) is -0.695. The number of hydrogen-bond donors (Lipinski definition) is 3. The van der Waals surface area contributed by atoms with E-state index in [9.17, 15) is 24.6 Å². The molecule has 21 heavy (non-hydrogen) atoms. The Morgan fingerprint density at radius 3 is 1.76 bits per heavy atom. The Morgan fingerprint density at radius 1 is 0.857 bits per heavy atom. The number of hydrogen-bond acceptors (Lipinski definition) is 3. The first-order valence-corrected chi connectivity index (χ1v) is 6.54. The molecule has 0 spiro atoms. The fraction of sp³-hybridized carbons (Fsp3) is 0.333. The predicted octanol–water partition coefficient (Wildman–Crippen LogP) is 2.72. The van der Waals surface area contributed by atoms with Gasteiger partial charge in [-0.1, -0.05) is 26.2 Å². The van der Waals surface area contributed by atoms with Crippen molar-refractivity contribution >= 4 is 17.9 Å². The molecule has 0 saturated carbocycles. The second kappa shape index (κ2) is 7.42. The van der Waals surface area contributed by atoms with Crippen LogP contribution in [0, 0.1) is 6.92 Å².